The second-order valence-electron chi connectivity index (χ2n) is 5.17. The number of carbonyl (C=O) groups excluding carboxylic acids is 2. The molecule has 18 heavy (non-hydrogen) atoms. The van der Waals surface area contributed by atoms with Crippen LogP contribution in [0.5, 0.6) is 0 Å². The molecule has 2 heterocycles. The Morgan fingerprint density at radius 3 is 2.89 bits per heavy atom. The molecule has 4 heteroatoms. The van der Waals surface area contributed by atoms with E-state index >= 15 is 0 Å². The van der Waals surface area contributed by atoms with Crippen molar-refractivity contribution in [2.24, 2.45) is 0 Å². The van der Waals surface area contributed by atoms with Gasteiger partial charge in [0.25, 0.3) is 0 Å². The van der Waals surface area contributed by atoms with Gasteiger partial charge in [-0.15, -0.1) is 0 Å². The van der Waals surface area contributed by atoms with E-state index in [0.717, 1.165) is 12.0 Å². The number of nitrogens with zero attached hydrogens (tertiary/aromatic N) is 1. The van der Waals surface area contributed by atoms with E-state index in [1.54, 1.807) is 11.0 Å². The molecule has 1 aromatic carbocycles. The van der Waals surface area contributed by atoms with E-state index in [2.05, 4.69) is 0 Å². The zero-order valence-electron chi connectivity index (χ0n) is 10.5. The van der Waals surface area contributed by atoms with Crippen molar-refractivity contribution in [1.29, 1.82) is 0 Å². The minimum atomic E-state index is -0.811. The van der Waals surface area contributed by atoms with Crippen LogP contribution in [0.2, 0.25) is 0 Å². The highest BCUT2D eigenvalue weighted by molar-refractivity contribution is 6.06. The highest BCUT2D eigenvalue weighted by Gasteiger charge is 2.47. The van der Waals surface area contributed by atoms with Crippen molar-refractivity contribution in [1.82, 2.24) is 0 Å². The van der Waals surface area contributed by atoms with Gasteiger partial charge in [0.05, 0.1) is 11.3 Å². The number of ether oxygens (including phenoxy) is 1. The molecule has 1 aromatic rings. The van der Waals surface area contributed by atoms with Gasteiger partial charge in [0, 0.05) is 12.8 Å². The number of amides is 1. The lowest BCUT2D eigenvalue weighted by atomic mass is 9.94. The summed E-state index contributed by atoms with van der Waals surface area (Å²) < 4.78 is 5.50. The van der Waals surface area contributed by atoms with Crippen molar-refractivity contribution in [3.63, 3.8) is 0 Å². The maximum atomic E-state index is 12.1. The first-order valence-corrected chi connectivity index (χ1v) is 6.18. The number of esters is 1. The third-order valence-corrected chi connectivity index (χ3v) is 3.68. The molecule has 2 aliphatic heterocycles. The van der Waals surface area contributed by atoms with Crippen LogP contribution in [0.15, 0.2) is 18.2 Å². The second kappa shape index (κ2) is 3.57. The first-order chi connectivity index (χ1) is 8.51. The molecule has 0 aliphatic carbocycles. The highest BCUT2D eigenvalue weighted by atomic mass is 16.6. The molecule has 1 unspecified atom stereocenters. The minimum Gasteiger partial charge on any atom is -0.435 e. The van der Waals surface area contributed by atoms with Gasteiger partial charge in [-0.3, -0.25) is 9.69 Å². The van der Waals surface area contributed by atoms with Crippen LogP contribution < -0.4 is 4.90 Å². The fraction of sp³-hybridized carbons (Fsp3) is 0.429. The second-order valence-corrected chi connectivity index (χ2v) is 5.17. The monoisotopic (exact) mass is 245 g/mol. The molecule has 0 radical (unpaired) electrons. The summed E-state index contributed by atoms with van der Waals surface area (Å²) in [5.41, 5.74) is 1.35. The maximum Gasteiger partial charge on any atom is 0.342 e. The van der Waals surface area contributed by atoms with E-state index in [4.69, 9.17) is 4.74 Å². The van der Waals surface area contributed by atoms with Gasteiger partial charge in [0.2, 0.25) is 5.91 Å². The quantitative estimate of drug-likeness (QED) is 0.659. The SMILES string of the molecule is Cc1ccc2c(c1)C(=O)OC1(C)CCCC(=O)N21. The van der Waals surface area contributed by atoms with Crippen LogP contribution in [0.4, 0.5) is 5.69 Å². The molecule has 2 aliphatic rings. The fourth-order valence-electron chi connectivity index (χ4n) is 2.80. The van der Waals surface area contributed by atoms with Gasteiger partial charge in [-0.1, -0.05) is 11.6 Å². The topological polar surface area (TPSA) is 46.6 Å². The van der Waals surface area contributed by atoms with E-state index in [-0.39, 0.29) is 11.9 Å². The Morgan fingerprint density at radius 2 is 2.11 bits per heavy atom. The molecule has 0 aromatic heterocycles. The normalized spacial score (nSPS) is 26.4. The fourth-order valence-corrected chi connectivity index (χ4v) is 2.80. The zero-order chi connectivity index (χ0) is 12.9. The van der Waals surface area contributed by atoms with Gasteiger partial charge in [-0.2, -0.15) is 0 Å². The number of rotatable bonds is 0. The number of anilines is 1. The average molecular weight is 245 g/mol. The molecule has 0 N–H and O–H groups in total. The number of fused-ring (bicyclic) bond motifs is 3. The lowest BCUT2D eigenvalue weighted by molar-refractivity contribution is -0.127. The first kappa shape index (κ1) is 11.3. The molecule has 1 amide bonds. The summed E-state index contributed by atoms with van der Waals surface area (Å²) in [6.45, 7) is 3.73. The van der Waals surface area contributed by atoms with Crippen LogP contribution in [-0.4, -0.2) is 17.6 Å². The van der Waals surface area contributed by atoms with E-state index in [1.165, 1.54) is 0 Å². The van der Waals surface area contributed by atoms with Gasteiger partial charge in [-0.25, -0.2) is 4.79 Å². The molecule has 1 atom stereocenters. The maximum absolute atomic E-state index is 12.1. The van der Waals surface area contributed by atoms with Gasteiger partial charge in [0.15, 0.2) is 5.72 Å². The lowest BCUT2D eigenvalue weighted by Gasteiger charge is -2.46. The Bertz CT molecular complexity index is 552. The number of hydrogen-bond acceptors (Lipinski definition) is 3. The standard InChI is InChI=1S/C14H15NO3/c1-9-5-6-11-10(8-9)13(17)18-14(2)7-3-4-12(16)15(11)14/h5-6,8H,3-4,7H2,1-2H3. The van der Waals surface area contributed by atoms with Crippen LogP contribution in [0.25, 0.3) is 0 Å². The molecule has 0 spiro atoms. The third-order valence-electron chi connectivity index (χ3n) is 3.68. The molecular weight excluding hydrogens is 230 g/mol. The van der Waals surface area contributed by atoms with E-state index < -0.39 is 5.72 Å². The van der Waals surface area contributed by atoms with Gasteiger partial charge in [0.1, 0.15) is 0 Å². The van der Waals surface area contributed by atoms with E-state index in [9.17, 15) is 9.59 Å². The largest absolute Gasteiger partial charge is 0.435 e. The predicted octanol–water partition coefficient (Wildman–Crippen LogP) is 2.40. The van der Waals surface area contributed by atoms with Crippen LogP contribution in [0.1, 0.15) is 42.1 Å². The first-order valence-electron chi connectivity index (χ1n) is 6.18. The molecule has 1 fully saturated rings. The molecule has 3 rings (SSSR count). The Labute approximate surface area is 106 Å². The van der Waals surface area contributed by atoms with E-state index in [0.29, 0.717) is 24.1 Å². The average Bonchev–Trinajstić information content (AvgIpc) is 2.29. The molecule has 4 nitrogen and oxygen atoms in total. The Balaban J connectivity index is 2.19. The summed E-state index contributed by atoms with van der Waals surface area (Å²) in [5, 5.41) is 0. The molecule has 1 saturated heterocycles. The van der Waals surface area contributed by atoms with Crippen molar-refractivity contribution in [2.75, 3.05) is 4.90 Å². The Kier molecular flexibility index (Phi) is 2.24. The van der Waals surface area contributed by atoms with E-state index in [1.807, 2.05) is 26.0 Å². The number of aryl methyl sites for hydroxylation is 1. The lowest BCUT2D eigenvalue weighted by Crippen LogP contribution is -2.58. The van der Waals surface area contributed by atoms with Crippen molar-refractivity contribution in [2.45, 2.75) is 38.8 Å². The van der Waals surface area contributed by atoms with Gasteiger partial charge >= 0.3 is 5.97 Å². The molecule has 94 valence electrons. The Morgan fingerprint density at radius 1 is 1.33 bits per heavy atom. The number of hydrogen-bond donors (Lipinski definition) is 0. The molecular formula is C14H15NO3. The number of benzene rings is 1. The smallest absolute Gasteiger partial charge is 0.342 e. The summed E-state index contributed by atoms with van der Waals surface area (Å²) in [5.74, 6) is -0.302. The summed E-state index contributed by atoms with van der Waals surface area (Å²) >= 11 is 0. The summed E-state index contributed by atoms with van der Waals surface area (Å²) in [6.07, 6.45) is 1.97. The predicted molar refractivity (Wildman–Crippen MR) is 66.3 cm³/mol. The molecule has 0 bridgehead atoms. The van der Waals surface area contributed by atoms with Crippen molar-refractivity contribution < 1.29 is 14.3 Å². The minimum absolute atomic E-state index is 0.0290. The number of carbonyl (C=O) groups is 2. The van der Waals surface area contributed by atoms with Crippen LogP contribution in [-0.2, 0) is 9.53 Å². The number of piperidine rings is 1. The van der Waals surface area contributed by atoms with Gasteiger partial charge in [-0.05, 0) is 32.4 Å². The third kappa shape index (κ3) is 1.45. The zero-order valence-corrected chi connectivity index (χ0v) is 10.5. The van der Waals surface area contributed by atoms with Gasteiger partial charge < -0.3 is 4.74 Å². The van der Waals surface area contributed by atoms with Crippen molar-refractivity contribution in [3.8, 4) is 0 Å². The summed E-state index contributed by atoms with van der Waals surface area (Å²) in [4.78, 5) is 25.8. The summed E-state index contributed by atoms with van der Waals surface area (Å²) in [6, 6.07) is 5.53. The highest BCUT2D eigenvalue weighted by Crippen LogP contribution is 2.41. The van der Waals surface area contributed by atoms with Crippen LogP contribution in [0.3, 0.4) is 0 Å². The molecule has 0 saturated carbocycles. The van der Waals surface area contributed by atoms with Crippen molar-refractivity contribution in [3.05, 3.63) is 29.3 Å². The Hall–Kier alpha value is -1.84. The summed E-state index contributed by atoms with van der Waals surface area (Å²) in [7, 11) is 0. The van der Waals surface area contributed by atoms with Crippen molar-refractivity contribution >= 4 is 17.6 Å². The van der Waals surface area contributed by atoms with Crippen LogP contribution >= 0.6 is 0 Å². The van der Waals surface area contributed by atoms with Crippen LogP contribution in [0, 0.1) is 6.92 Å².